The minimum atomic E-state index is -0.966. The van der Waals surface area contributed by atoms with Crippen LogP contribution in [-0.4, -0.2) is 44.2 Å². The van der Waals surface area contributed by atoms with Gasteiger partial charge in [-0.1, -0.05) is 11.8 Å². The molecule has 1 unspecified atom stereocenters. The van der Waals surface area contributed by atoms with E-state index >= 15 is 0 Å². The second kappa shape index (κ2) is 6.25. The molecule has 0 radical (unpaired) electrons. The Balaban J connectivity index is 2.69. The van der Waals surface area contributed by atoms with Crippen LogP contribution in [0.5, 0.6) is 0 Å². The second-order valence-corrected chi connectivity index (χ2v) is 5.82. The normalized spacial score (nSPS) is 14.6. The smallest absolute Gasteiger partial charge is 0.344 e. The zero-order chi connectivity index (χ0) is 14.6. The van der Waals surface area contributed by atoms with E-state index in [1.54, 1.807) is 18.5 Å². The van der Waals surface area contributed by atoms with Gasteiger partial charge in [-0.3, -0.25) is 9.36 Å². The number of aliphatic carboxylic acids is 1. The van der Waals surface area contributed by atoms with E-state index in [0.717, 1.165) is 0 Å². The van der Waals surface area contributed by atoms with Gasteiger partial charge in [0.05, 0.1) is 0 Å². The topological polar surface area (TPSA) is 100 Å². The average Bonchev–Trinajstić information content (AvgIpc) is 2.70. The Morgan fingerprint density at radius 3 is 2.74 bits per heavy atom. The maximum absolute atomic E-state index is 11.5. The van der Waals surface area contributed by atoms with Crippen molar-refractivity contribution in [3.05, 3.63) is 10.5 Å². The first kappa shape index (κ1) is 15.8. The van der Waals surface area contributed by atoms with Crippen molar-refractivity contribution in [3.63, 3.8) is 0 Å². The van der Waals surface area contributed by atoms with Crippen molar-refractivity contribution in [3.8, 4) is 0 Å². The van der Waals surface area contributed by atoms with Gasteiger partial charge in [0, 0.05) is 11.8 Å². The maximum atomic E-state index is 11.5. The van der Waals surface area contributed by atoms with Crippen LogP contribution in [0.2, 0.25) is 0 Å². The highest BCUT2D eigenvalue weighted by atomic mass is 32.2. The van der Waals surface area contributed by atoms with Crippen LogP contribution < -0.4 is 11.0 Å². The van der Waals surface area contributed by atoms with E-state index < -0.39 is 11.5 Å². The quantitative estimate of drug-likeness (QED) is 0.639. The Labute approximate surface area is 115 Å². The lowest BCUT2D eigenvalue weighted by molar-refractivity contribution is -0.144. The highest BCUT2D eigenvalue weighted by molar-refractivity contribution is 7.99. The zero-order valence-corrected chi connectivity index (χ0v) is 12.4. The molecule has 0 fully saturated rings. The Bertz CT molecular complexity index is 496. The summed E-state index contributed by atoms with van der Waals surface area (Å²) in [5, 5.41) is 18.9. The summed E-state index contributed by atoms with van der Waals surface area (Å²) in [6.07, 6.45) is 0.433. The van der Waals surface area contributed by atoms with Crippen LogP contribution >= 0.6 is 11.8 Å². The van der Waals surface area contributed by atoms with E-state index in [1.807, 2.05) is 13.8 Å². The highest BCUT2D eigenvalue weighted by Crippen LogP contribution is 2.21. The summed E-state index contributed by atoms with van der Waals surface area (Å²) < 4.78 is 1.56. The summed E-state index contributed by atoms with van der Waals surface area (Å²) in [4.78, 5) is 22.7. The Morgan fingerprint density at radius 1 is 1.63 bits per heavy atom. The van der Waals surface area contributed by atoms with Crippen LogP contribution in [0.3, 0.4) is 0 Å². The number of carbonyl (C=O) groups is 1. The SMILES string of the molecule is CNC(C)(CCSc1n[nH]c(=O)n1C(C)C)C(=O)O. The van der Waals surface area contributed by atoms with Crippen molar-refractivity contribution in [2.45, 2.75) is 43.9 Å². The number of hydrogen-bond donors (Lipinski definition) is 3. The van der Waals surface area contributed by atoms with E-state index in [2.05, 4.69) is 15.5 Å². The lowest BCUT2D eigenvalue weighted by Gasteiger charge is -2.23. The van der Waals surface area contributed by atoms with Crippen molar-refractivity contribution >= 4 is 17.7 Å². The number of nitrogens with zero attached hydrogens (tertiary/aromatic N) is 2. The van der Waals surface area contributed by atoms with Gasteiger partial charge < -0.3 is 10.4 Å². The van der Waals surface area contributed by atoms with Crippen molar-refractivity contribution in [2.75, 3.05) is 12.8 Å². The molecule has 0 saturated carbocycles. The first-order valence-electron chi connectivity index (χ1n) is 6.04. The monoisotopic (exact) mass is 288 g/mol. The number of aromatic nitrogens is 3. The Hall–Kier alpha value is -1.28. The van der Waals surface area contributed by atoms with Gasteiger partial charge in [0.1, 0.15) is 5.54 Å². The fourth-order valence-corrected chi connectivity index (χ4v) is 2.77. The van der Waals surface area contributed by atoms with Crippen LogP contribution in [0.15, 0.2) is 9.95 Å². The molecule has 0 aliphatic carbocycles. The summed E-state index contributed by atoms with van der Waals surface area (Å²) in [6.45, 7) is 5.43. The van der Waals surface area contributed by atoms with Crippen LogP contribution in [0.1, 0.15) is 33.2 Å². The Kier molecular flexibility index (Phi) is 5.19. The molecule has 0 saturated heterocycles. The third-order valence-corrected chi connectivity index (χ3v) is 4.00. The lowest BCUT2D eigenvalue weighted by atomic mass is 10.00. The molecule has 1 aromatic heterocycles. The van der Waals surface area contributed by atoms with E-state index in [4.69, 9.17) is 5.11 Å². The molecule has 19 heavy (non-hydrogen) atoms. The van der Waals surface area contributed by atoms with Gasteiger partial charge in [0.2, 0.25) is 0 Å². The fourth-order valence-electron chi connectivity index (χ4n) is 1.53. The molecule has 108 valence electrons. The van der Waals surface area contributed by atoms with Crippen LogP contribution in [0.4, 0.5) is 0 Å². The van der Waals surface area contributed by atoms with Gasteiger partial charge in [-0.05, 0) is 34.2 Å². The number of thioether (sulfide) groups is 1. The molecular formula is C11H20N4O3S. The fraction of sp³-hybridized carbons (Fsp3) is 0.727. The Morgan fingerprint density at radius 2 is 2.26 bits per heavy atom. The number of nitrogens with one attached hydrogen (secondary N) is 2. The van der Waals surface area contributed by atoms with Gasteiger partial charge in [-0.25, -0.2) is 9.89 Å². The van der Waals surface area contributed by atoms with E-state index in [-0.39, 0.29) is 11.7 Å². The van der Waals surface area contributed by atoms with Crippen LogP contribution in [0, 0.1) is 0 Å². The zero-order valence-electron chi connectivity index (χ0n) is 11.6. The first-order valence-corrected chi connectivity index (χ1v) is 7.02. The van der Waals surface area contributed by atoms with Crippen molar-refractivity contribution in [1.29, 1.82) is 0 Å². The van der Waals surface area contributed by atoms with Crippen molar-refractivity contribution < 1.29 is 9.90 Å². The molecule has 0 aromatic carbocycles. The molecule has 1 rings (SSSR count). The molecule has 1 aromatic rings. The minimum absolute atomic E-state index is 0.0175. The summed E-state index contributed by atoms with van der Waals surface area (Å²) in [7, 11) is 1.62. The summed E-state index contributed by atoms with van der Waals surface area (Å²) in [5.41, 5.74) is -1.21. The molecule has 7 nitrogen and oxygen atoms in total. The lowest BCUT2D eigenvalue weighted by Crippen LogP contribution is -2.47. The first-order chi connectivity index (χ1) is 8.81. The molecule has 3 N–H and O–H groups in total. The van der Waals surface area contributed by atoms with E-state index in [9.17, 15) is 9.59 Å². The average molecular weight is 288 g/mol. The predicted molar refractivity (Wildman–Crippen MR) is 73.7 cm³/mol. The minimum Gasteiger partial charge on any atom is -0.480 e. The third kappa shape index (κ3) is 3.60. The molecule has 1 atom stereocenters. The summed E-state index contributed by atoms with van der Waals surface area (Å²) in [6, 6.07) is 0.0175. The van der Waals surface area contributed by atoms with Gasteiger partial charge >= 0.3 is 11.7 Å². The number of carboxylic acids is 1. The molecule has 0 aliphatic heterocycles. The molecular weight excluding hydrogens is 268 g/mol. The van der Waals surface area contributed by atoms with Crippen LogP contribution in [0.25, 0.3) is 0 Å². The molecule has 0 bridgehead atoms. The highest BCUT2D eigenvalue weighted by Gasteiger charge is 2.30. The molecule has 8 heteroatoms. The van der Waals surface area contributed by atoms with Gasteiger partial charge in [0.15, 0.2) is 5.16 Å². The molecule has 1 heterocycles. The van der Waals surface area contributed by atoms with Crippen molar-refractivity contribution in [2.24, 2.45) is 0 Å². The number of rotatable bonds is 7. The van der Waals surface area contributed by atoms with Gasteiger partial charge in [0.25, 0.3) is 0 Å². The molecule has 0 amide bonds. The van der Waals surface area contributed by atoms with Gasteiger partial charge in [-0.15, -0.1) is 5.10 Å². The van der Waals surface area contributed by atoms with E-state index in [1.165, 1.54) is 11.8 Å². The van der Waals surface area contributed by atoms with Crippen molar-refractivity contribution in [1.82, 2.24) is 20.1 Å². The number of carboxylic acid groups (broad SMARTS) is 1. The number of hydrogen-bond acceptors (Lipinski definition) is 5. The second-order valence-electron chi connectivity index (χ2n) is 4.76. The van der Waals surface area contributed by atoms with Gasteiger partial charge in [-0.2, -0.15) is 0 Å². The van der Waals surface area contributed by atoms with Crippen LogP contribution in [-0.2, 0) is 4.79 Å². The summed E-state index contributed by atoms with van der Waals surface area (Å²) in [5.74, 6) is -0.334. The summed E-state index contributed by atoms with van der Waals surface area (Å²) >= 11 is 1.37. The number of likely N-dealkylation sites (N-methyl/N-ethyl adjacent to an activating group) is 1. The predicted octanol–water partition coefficient (Wildman–Crippen LogP) is 0.697. The number of H-pyrrole nitrogens is 1. The third-order valence-electron chi connectivity index (χ3n) is 3.05. The largest absolute Gasteiger partial charge is 0.480 e. The maximum Gasteiger partial charge on any atom is 0.344 e. The number of aromatic amines is 1. The standard InChI is InChI=1S/C11H20N4O3S/c1-7(2)15-9(18)13-14-10(15)19-6-5-11(3,12-4)8(16)17/h7,12H,5-6H2,1-4H3,(H,13,18)(H,16,17). The molecule has 0 spiro atoms. The van der Waals surface area contributed by atoms with E-state index in [0.29, 0.717) is 17.3 Å². The molecule has 0 aliphatic rings.